The maximum absolute atomic E-state index is 12.6. The van der Waals surface area contributed by atoms with Crippen LogP contribution in [0.3, 0.4) is 0 Å². The minimum absolute atomic E-state index is 0.0558. The molecule has 1 heterocycles. The molecule has 2 aromatic rings. The van der Waals surface area contributed by atoms with Crippen molar-refractivity contribution in [3.63, 3.8) is 0 Å². The first kappa shape index (κ1) is 15.9. The Morgan fingerprint density at radius 2 is 1.78 bits per heavy atom. The second-order valence-electron chi connectivity index (χ2n) is 5.74. The van der Waals surface area contributed by atoms with E-state index >= 15 is 0 Å². The van der Waals surface area contributed by atoms with Crippen molar-refractivity contribution in [2.24, 2.45) is 0 Å². The van der Waals surface area contributed by atoms with E-state index in [1.807, 2.05) is 19.1 Å². The Kier molecular flexibility index (Phi) is 4.57. The minimum Gasteiger partial charge on any atom is -0.493 e. The molecule has 1 aliphatic carbocycles. The highest BCUT2D eigenvalue weighted by Gasteiger charge is 2.18. The summed E-state index contributed by atoms with van der Waals surface area (Å²) in [6, 6.07) is 5.72. The van der Waals surface area contributed by atoms with Gasteiger partial charge in [0.15, 0.2) is 11.5 Å². The quantitative estimate of drug-likeness (QED) is 0.913. The summed E-state index contributed by atoms with van der Waals surface area (Å²) < 4.78 is 10.6. The van der Waals surface area contributed by atoms with Crippen LogP contribution >= 0.6 is 11.3 Å². The molecule has 0 fully saturated rings. The summed E-state index contributed by atoms with van der Waals surface area (Å²) >= 11 is 1.62. The van der Waals surface area contributed by atoms with Crippen LogP contribution in [-0.4, -0.2) is 20.1 Å². The van der Waals surface area contributed by atoms with Crippen molar-refractivity contribution in [1.82, 2.24) is 0 Å². The van der Waals surface area contributed by atoms with E-state index in [1.54, 1.807) is 31.6 Å². The summed E-state index contributed by atoms with van der Waals surface area (Å²) in [5.41, 5.74) is 3.03. The average Bonchev–Trinajstić information content (AvgIpc) is 3.00. The molecule has 23 heavy (non-hydrogen) atoms. The van der Waals surface area contributed by atoms with E-state index in [1.165, 1.54) is 23.3 Å². The molecule has 4 nitrogen and oxygen atoms in total. The maximum atomic E-state index is 12.6. The number of benzene rings is 1. The number of carbonyl (C=O) groups excluding carboxylic acids is 1. The third-order valence-electron chi connectivity index (χ3n) is 4.20. The first-order chi connectivity index (χ1) is 11.1. The monoisotopic (exact) mass is 331 g/mol. The van der Waals surface area contributed by atoms with E-state index in [9.17, 15) is 4.79 Å². The van der Waals surface area contributed by atoms with Gasteiger partial charge in [-0.15, -0.1) is 11.3 Å². The molecule has 0 bridgehead atoms. The zero-order valence-corrected chi connectivity index (χ0v) is 14.5. The maximum Gasteiger partial charge on any atom is 0.265 e. The van der Waals surface area contributed by atoms with Crippen molar-refractivity contribution >= 4 is 22.9 Å². The smallest absolute Gasteiger partial charge is 0.265 e. The molecule has 1 aromatic carbocycles. The van der Waals surface area contributed by atoms with Crippen LogP contribution in [0.4, 0.5) is 5.69 Å². The lowest BCUT2D eigenvalue weighted by Crippen LogP contribution is -2.11. The van der Waals surface area contributed by atoms with Crippen LogP contribution in [-0.2, 0) is 12.8 Å². The Balaban J connectivity index is 1.83. The van der Waals surface area contributed by atoms with Gasteiger partial charge in [-0.3, -0.25) is 4.79 Å². The molecule has 0 radical (unpaired) electrons. The zero-order chi connectivity index (χ0) is 16.4. The van der Waals surface area contributed by atoms with Crippen molar-refractivity contribution in [3.8, 4) is 11.5 Å². The van der Waals surface area contributed by atoms with Gasteiger partial charge in [0.05, 0.1) is 19.1 Å². The molecule has 1 N–H and O–H groups in total. The zero-order valence-electron chi connectivity index (χ0n) is 13.7. The molecule has 0 spiro atoms. The molecule has 0 atom stereocenters. The first-order valence-corrected chi connectivity index (χ1v) is 8.59. The normalized spacial score (nSPS) is 13.3. The largest absolute Gasteiger partial charge is 0.493 e. The highest BCUT2D eigenvalue weighted by molar-refractivity contribution is 7.14. The predicted molar refractivity (Wildman–Crippen MR) is 93.2 cm³/mol. The number of hydrogen-bond acceptors (Lipinski definition) is 4. The van der Waals surface area contributed by atoms with Crippen LogP contribution in [0.25, 0.3) is 0 Å². The molecular formula is C18H21NO3S. The fourth-order valence-electron chi connectivity index (χ4n) is 2.90. The van der Waals surface area contributed by atoms with Gasteiger partial charge in [0.1, 0.15) is 0 Å². The summed E-state index contributed by atoms with van der Waals surface area (Å²) in [7, 11) is 3.19. The number of aryl methyl sites for hydroxylation is 3. The van der Waals surface area contributed by atoms with E-state index in [2.05, 4.69) is 5.32 Å². The third-order valence-corrected chi connectivity index (χ3v) is 5.44. The van der Waals surface area contributed by atoms with Crippen molar-refractivity contribution in [1.29, 1.82) is 0 Å². The topological polar surface area (TPSA) is 47.6 Å². The number of thiophene rings is 1. The van der Waals surface area contributed by atoms with E-state index in [0.717, 1.165) is 29.0 Å². The predicted octanol–water partition coefficient (Wildman–Crippen LogP) is 4.20. The van der Waals surface area contributed by atoms with Crippen molar-refractivity contribution in [3.05, 3.63) is 39.1 Å². The Labute approximate surface area is 140 Å². The molecular weight excluding hydrogens is 310 g/mol. The Bertz CT molecular complexity index is 713. The van der Waals surface area contributed by atoms with Crippen LogP contribution in [0.2, 0.25) is 0 Å². The van der Waals surface area contributed by atoms with Gasteiger partial charge >= 0.3 is 0 Å². The molecule has 0 saturated heterocycles. The van der Waals surface area contributed by atoms with Crippen LogP contribution in [0, 0.1) is 6.92 Å². The van der Waals surface area contributed by atoms with Gasteiger partial charge in [0, 0.05) is 16.6 Å². The lowest BCUT2D eigenvalue weighted by atomic mass is 9.99. The molecule has 0 aliphatic heterocycles. The summed E-state index contributed by atoms with van der Waals surface area (Å²) in [5.74, 6) is 1.22. The first-order valence-electron chi connectivity index (χ1n) is 7.78. The number of amides is 1. The molecule has 0 saturated carbocycles. The van der Waals surface area contributed by atoms with Gasteiger partial charge < -0.3 is 14.8 Å². The van der Waals surface area contributed by atoms with Gasteiger partial charge in [0.25, 0.3) is 5.91 Å². The van der Waals surface area contributed by atoms with Crippen LogP contribution < -0.4 is 14.8 Å². The van der Waals surface area contributed by atoms with Crippen LogP contribution in [0.15, 0.2) is 18.2 Å². The van der Waals surface area contributed by atoms with E-state index in [4.69, 9.17) is 9.47 Å². The number of rotatable bonds is 4. The number of methoxy groups -OCH3 is 2. The van der Waals surface area contributed by atoms with Crippen LogP contribution in [0.1, 0.15) is 38.5 Å². The Hall–Kier alpha value is -2.01. The van der Waals surface area contributed by atoms with E-state index in [0.29, 0.717) is 11.5 Å². The standard InChI is InChI=1S/C18H21NO3S/c1-11-8-14(21-2)15(22-3)10-13(11)19-18(20)17-9-12-6-4-5-7-16(12)23-17/h8-10H,4-7H2,1-3H3,(H,19,20). The number of carbonyl (C=O) groups is 1. The molecule has 3 rings (SSSR count). The Morgan fingerprint density at radius 3 is 2.48 bits per heavy atom. The molecule has 1 aliphatic rings. The molecule has 1 aromatic heterocycles. The van der Waals surface area contributed by atoms with Gasteiger partial charge in [-0.05, 0) is 55.9 Å². The fourth-order valence-corrected chi connectivity index (χ4v) is 4.05. The number of nitrogens with one attached hydrogen (secondary N) is 1. The molecule has 5 heteroatoms. The van der Waals surface area contributed by atoms with E-state index < -0.39 is 0 Å². The fraction of sp³-hybridized carbons (Fsp3) is 0.389. The number of anilines is 1. The van der Waals surface area contributed by atoms with Crippen molar-refractivity contribution in [2.75, 3.05) is 19.5 Å². The van der Waals surface area contributed by atoms with Gasteiger partial charge in [-0.2, -0.15) is 0 Å². The summed E-state index contributed by atoms with van der Waals surface area (Å²) in [6.45, 7) is 1.94. The molecule has 122 valence electrons. The average molecular weight is 331 g/mol. The second kappa shape index (κ2) is 6.62. The lowest BCUT2D eigenvalue weighted by molar-refractivity contribution is 0.103. The van der Waals surface area contributed by atoms with Crippen molar-refractivity contribution < 1.29 is 14.3 Å². The summed E-state index contributed by atoms with van der Waals surface area (Å²) in [6.07, 6.45) is 4.64. The van der Waals surface area contributed by atoms with Gasteiger partial charge in [-0.25, -0.2) is 0 Å². The lowest BCUT2D eigenvalue weighted by Gasteiger charge is -2.13. The Morgan fingerprint density at radius 1 is 1.09 bits per heavy atom. The summed E-state index contributed by atoms with van der Waals surface area (Å²) in [4.78, 5) is 14.7. The minimum atomic E-state index is -0.0558. The van der Waals surface area contributed by atoms with E-state index in [-0.39, 0.29) is 5.91 Å². The van der Waals surface area contributed by atoms with Gasteiger partial charge in [0.2, 0.25) is 0 Å². The number of ether oxygens (including phenoxy) is 2. The second-order valence-corrected chi connectivity index (χ2v) is 6.88. The van der Waals surface area contributed by atoms with Gasteiger partial charge in [-0.1, -0.05) is 0 Å². The molecule has 0 unspecified atom stereocenters. The van der Waals surface area contributed by atoms with Crippen LogP contribution in [0.5, 0.6) is 11.5 Å². The number of hydrogen-bond donors (Lipinski definition) is 1. The molecule has 1 amide bonds. The van der Waals surface area contributed by atoms with Crippen molar-refractivity contribution in [2.45, 2.75) is 32.6 Å². The number of fused-ring (bicyclic) bond motifs is 1. The highest BCUT2D eigenvalue weighted by Crippen LogP contribution is 2.34. The summed E-state index contributed by atoms with van der Waals surface area (Å²) in [5, 5.41) is 3.00. The SMILES string of the molecule is COc1cc(C)c(NC(=O)c2cc3c(s2)CCCC3)cc1OC. The highest BCUT2D eigenvalue weighted by atomic mass is 32.1. The third kappa shape index (κ3) is 3.20.